The van der Waals surface area contributed by atoms with Crippen LogP contribution < -0.4 is 15.5 Å². The molecule has 0 aliphatic carbocycles. The van der Waals surface area contributed by atoms with Gasteiger partial charge in [0.2, 0.25) is 5.91 Å². The summed E-state index contributed by atoms with van der Waals surface area (Å²) >= 11 is 18.5. The second-order valence-corrected chi connectivity index (χ2v) is 9.50. The van der Waals surface area contributed by atoms with Gasteiger partial charge >= 0.3 is 0 Å². The molecule has 1 amide bonds. The van der Waals surface area contributed by atoms with E-state index in [0.29, 0.717) is 37.9 Å². The van der Waals surface area contributed by atoms with Crippen LogP contribution >= 0.6 is 35.4 Å². The zero-order valence-electron chi connectivity index (χ0n) is 19.7. The summed E-state index contributed by atoms with van der Waals surface area (Å²) in [6.45, 7) is -0.0207. The summed E-state index contributed by atoms with van der Waals surface area (Å²) in [5, 5.41) is 7.60. The first kappa shape index (κ1) is 25.2. The molecule has 5 rings (SSSR count). The highest BCUT2D eigenvalue weighted by molar-refractivity contribution is 7.80. The fraction of sp³-hybridized carbons (Fsp3) is 0.148. The van der Waals surface area contributed by atoms with Gasteiger partial charge in [-0.1, -0.05) is 35.3 Å². The molecule has 1 saturated heterocycles. The normalized spacial score (nSPS) is 17.1. The van der Waals surface area contributed by atoms with Gasteiger partial charge in [0.1, 0.15) is 24.2 Å². The molecule has 2 N–H and O–H groups in total. The Kier molecular flexibility index (Phi) is 7.43. The summed E-state index contributed by atoms with van der Waals surface area (Å²) in [4.78, 5) is 18.4. The Bertz CT molecular complexity index is 1430. The van der Waals surface area contributed by atoms with Crippen LogP contribution in [0.4, 0.5) is 11.4 Å². The van der Waals surface area contributed by atoms with Crippen LogP contribution in [0.25, 0.3) is 11.3 Å². The van der Waals surface area contributed by atoms with Gasteiger partial charge in [-0.15, -0.1) is 0 Å². The van der Waals surface area contributed by atoms with E-state index in [2.05, 4.69) is 15.6 Å². The minimum Gasteiger partial charge on any atom is -0.459 e. The van der Waals surface area contributed by atoms with Crippen LogP contribution in [0.5, 0.6) is 0 Å². The molecule has 7 nitrogen and oxygen atoms in total. The summed E-state index contributed by atoms with van der Waals surface area (Å²) in [6, 6.07) is 21.7. The third-order valence-electron chi connectivity index (χ3n) is 5.94. The van der Waals surface area contributed by atoms with Crippen LogP contribution in [0, 0.1) is 0 Å². The number of rotatable bonds is 7. The Morgan fingerprint density at radius 1 is 1.11 bits per heavy atom. The molecule has 10 heteroatoms. The summed E-state index contributed by atoms with van der Waals surface area (Å²) in [6.07, 6.45) is 1.75. The first-order valence-corrected chi connectivity index (χ1v) is 12.6. The lowest BCUT2D eigenvalue weighted by molar-refractivity contribution is -0.119. The van der Waals surface area contributed by atoms with Crippen LogP contribution in [0.1, 0.15) is 23.5 Å². The predicted octanol–water partition coefficient (Wildman–Crippen LogP) is 6.41. The maximum Gasteiger partial charge on any atom is 0.250 e. The number of ether oxygens (including phenoxy) is 1. The molecule has 2 aromatic carbocycles. The minimum atomic E-state index is -0.344. The molecule has 0 bridgehead atoms. The van der Waals surface area contributed by atoms with Gasteiger partial charge in [0, 0.05) is 30.2 Å². The molecule has 37 heavy (non-hydrogen) atoms. The van der Waals surface area contributed by atoms with Crippen molar-refractivity contribution in [2.75, 3.05) is 23.9 Å². The first-order valence-electron chi connectivity index (χ1n) is 11.4. The van der Waals surface area contributed by atoms with Crippen molar-refractivity contribution < 1.29 is 13.9 Å². The number of thiocarbonyl (C=S) groups is 1. The summed E-state index contributed by atoms with van der Waals surface area (Å²) in [5.41, 5.74) is 2.99. The van der Waals surface area contributed by atoms with Crippen LogP contribution in [0.15, 0.2) is 83.4 Å². The van der Waals surface area contributed by atoms with E-state index in [1.165, 1.54) is 7.11 Å². The van der Waals surface area contributed by atoms with Crippen molar-refractivity contribution in [3.63, 3.8) is 0 Å². The third-order valence-corrected chi connectivity index (χ3v) is 7.07. The largest absolute Gasteiger partial charge is 0.459 e. The Morgan fingerprint density at radius 3 is 2.65 bits per heavy atom. The summed E-state index contributed by atoms with van der Waals surface area (Å²) < 4.78 is 11.2. The first-order chi connectivity index (χ1) is 18.0. The van der Waals surface area contributed by atoms with Crippen LogP contribution in [-0.4, -0.2) is 29.7 Å². The molecule has 2 atom stereocenters. The topological polar surface area (TPSA) is 79.6 Å². The number of halogens is 2. The monoisotopic (exact) mass is 552 g/mol. The highest BCUT2D eigenvalue weighted by Crippen LogP contribution is 2.44. The lowest BCUT2D eigenvalue weighted by atomic mass is 10.0. The van der Waals surface area contributed by atoms with Gasteiger partial charge in [0.15, 0.2) is 5.11 Å². The Morgan fingerprint density at radius 2 is 1.92 bits per heavy atom. The maximum atomic E-state index is 11.9. The van der Waals surface area contributed by atoms with E-state index >= 15 is 0 Å². The fourth-order valence-electron chi connectivity index (χ4n) is 4.31. The summed E-state index contributed by atoms with van der Waals surface area (Å²) in [7, 11) is 1.47. The van der Waals surface area contributed by atoms with E-state index in [9.17, 15) is 4.79 Å². The van der Waals surface area contributed by atoms with E-state index in [1.807, 2.05) is 71.6 Å². The van der Waals surface area contributed by atoms with Crippen molar-refractivity contribution in [3.05, 3.63) is 100 Å². The number of pyridine rings is 1. The molecule has 188 valence electrons. The second-order valence-electron chi connectivity index (χ2n) is 8.33. The SMILES string of the molecule is COCC(=O)Nc1ccc(N2C(=S)N[C@H](c3ccccn3)[C@H]2c2ccc(-c3cccc(Cl)c3Cl)o2)cc1. The highest BCUT2D eigenvalue weighted by atomic mass is 35.5. The van der Waals surface area contributed by atoms with Crippen LogP contribution in [0.3, 0.4) is 0 Å². The van der Waals surface area contributed by atoms with Gasteiger partial charge in [-0.3, -0.25) is 9.78 Å². The van der Waals surface area contributed by atoms with Crippen LogP contribution in [-0.2, 0) is 9.53 Å². The molecule has 1 fully saturated rings. The van der Waals surface area contributed by atoms with E-state index in [-0.39, 0.29) is 24.6 Å². The Balaban J connectivity index is 1.52. The van der Waals surface area contributed by atoms with Crippen molar-refractivity contribution in [2.45, 2.75) is 12.1 Å². The number of furan rings is 1. The zero-order valence-corrected chi connectivity index (χ0v) is 22.0. The van der Waals surface area contributed by atoms with Gasteiger partial charge in [-0.2, -0.15) is 0 Å². The van der Waals surface area contributed by atoms with Gasteiger partial charge in [-0.05, 0) is 72.9 Å². The van der Waals surface area contributed by atoms with Crippen molar-refractivity contribution in [1.82, 2.24) is 10.3 Å². The quantitative estimate of drug-likeness (QED) is 0.256. The van der Waals surface area contributed by atoms with Crippen molar-refractivity contribution in [2.24, 2.45) is 0 Å². The fourth-order valence-corrected chi connectivity index (χ4v) is 5.05. The number of hydrogen-bond donors (Lipinski definition) is 2. The molecule has 3 heterocycles. The number of methoxy groups -OCH3 is 1. The number of nitrogens with zero attached hydrogens (tertiary/aromatic N) is 2. The lowest BCUT2D eigenvalue weighted by Crippen LogP contribution is -2.29. The molecular formula is C27H22Cl2N4O3S. The molecule has 4 aromatic rings. The van der Waals surface area contributed by atoms with Gasteiger partial charge in [0.25, 0.3) is 0 Å². The molecule has 0 radical (unpaired) electrons. The lowest BCUT2D eigenvalue weighted by Gasteiger charge is -2.26. The van der Waals surface area contributed by atoms with E-state index in [0.717, 1.165) is 11.4 Å². The van der Waals surface area contributed by atoms with Crippen molar-refractivity contribution in [1.29, 1.82) is 0 Å². The molecule has 0 saturated carbocycles. The van der Waals surface area contributed by atoms with Gasteiger partial charge < -0.3 is 24.7 Å². The highest BCUT2D eigenvalue weighted by Gasteiger charge is 2.42. The smallest absolute Gasteiger partial charge is 0.250 e. The van der Waals surface area contributed by atoms with Crippen LogP contribution in [0.2, 0.25) is 10.0 Å². The number of benzene rings is 2. The van der Waals surface area contributed by atoms with E-state index in [1.54, 1.807) is 12.3 Å². The minimum absolute atomic E-state index is 0.0207. The standard InChI is InChI=1S/C27H22Cl2N4O3S/c1-35-15-23(34)31-16-8-10-17(11-9-16)33-26(25(32-27(33)37)20-7-2-3-14-30-20)22-13-12-21(36-22)18-5-4-6-19(28)24(18)29/h2-14,25-26H,15H2,1H3,(H,31,34)(H,32,37)/t25-,26-/m1/s1. The van der Waals surface area contributed by atoms with E-state index < -0.39 is 0 Å². The average Bonchev–Trinajstić information content (AvgIpc) is 3.51. The van der Waals surface area contributed by atoms with Gasteiger partial charge in [0.05, 0.1) is 21.8 Å². The number of aromatic nitrogens is 1. The number of anilines is 2. The predicted molar refractivity (Wildman–Crippen MR) is 149 cm³/mol. The third kappa shape index (κ3) is 5.19. The zero-order chi connectivity index (χ0) is 25.9. The molecular weight excluding hydrogens is 531 g/mol. The summed E-state index contributed by atoms with van der Waals surface area (Å²) in [5.74, 6) is 1.03. The molecule has 2 aromatic heterocycles. The molecule has 1 aliphatic heterocycles. The molecule has 0 spiro atoms. The Hall–Kier alpha value is -3.43. The number of hydrogen-bond acceptors (Lipinski definition) is 5. The Labute approximate surface area is 229 Å². The average molecular weight is 553 g/mol. The molecule has 1 aliphatic rings. The number of carbonyl (C=O) groups is 1. The maximum absolute atomic E-state index is 11.9. The number of carbonyl (C=O) groups excluding carboxylic acids is 1. The van der Waals surface area contributed by atoms with Gasteiger partial charge in [-0.25, -0.2) is 0 Å². The van der Waals surface area contributed by atoms with Crippen molar-refractivity contribution >= 4 is 57.8 Å². The van der Waals surface area contributed by atoms with E-state index in [4.69, 9.17) is 44.6 Å². The van der Waals surface area contributed by atoms with Crippen molar-refractivity contribution in [3.8, 4) is 11.3 Å². The molecule has 0 unspecified atom stereocenters. The number of nitrogens with one attached hydrogen (secondary N) is 2. The second kappa shape index (κ2) is 10.9. The number of amides is 1.